The fourth-order valence-corrected chi connectivity index (χ4v) is 2.80. The number of rotatable bonds is 2. The Labute approximate surface area is 78.8 Å². The van der Waals surface area contributed by atoms with Crippen molar-refractivity contribution in [1.82, 2.24) is 5.32 Å². The molecule has 0 amide bonds. The molecule has 1 spiro atoms. The zero-order chi connectivity index (χ0) is 9.15. The first-order chi connectivity index (χ1) is 6.37. The summed E-state index contributed by atoms with van der Waals surface area (Å²) >= 11 is 0. The van der Waals surface area contributed by atoms with Crippen LogP contribution in [0.25, 0.3) is 0 Å². The second-order valence-electron chi connectivity index (χ2n) is 4.27. The first kappa shape index (κ1) is 9.00. The predicted molar refractivity (Wildman–Crippen MR) is 49.3 cm³/mol. The summed E-state index contributed by atoms with van der Waals surface area (Å²) < 4.78 is 5.15. The minimum absolute atomic E-state index is 0.130. The Hall–Kier alpha value is -0.570. The van der Waals surface area contributed by atoms with Crippen LogP contribution in [0.1, 0.15) is 32.1 Å². The maximum Gasteiger partial charge on any atom is 0.293 e. The highest BCUT2D eigenvalue weighted by Crippen LogP contribution is 2.42. The summed E-state index contributed by atoms with van der Waals surface area (Å²) in [6.45, 7) is 2.48. The molecule has 1 atom stereocenters. The third-order valence-corrected chi connectivity index (χ3v) is 3.56. The molecule has 1 heterocycles. The van der Waals surface area contributed by atoms with Gasteiger partial charge in [-0.25, -0.2) is 0 Å². The van der Waals surface area contributed by atoms with Crippen molar-refractivity contribution >= 4 is 6.47 Å². The zero-order valence-corrected chi connectivity index (χ0v) is 7.92. The lowest BCUT2D eigenvalue weighted by Gasteiger charge is -2.36. The maximum atomic E-state index is 10.3. The number of carbonyl (C=O) groups excluding carboxylic acids is 1. The highest BCUT2D eigenvalue weighted by atomic mass is 16.5. The van der Waals surface area contributed by atoms with Crippen molar-refractivity contribution in [2.45, 2.75) is 38.2 Å². The Bertz CT molecular complexity index is 187. The van der Waals surface area contributed by atoms with E-state index in [9.17, 15) is 4.79 Å². The number of ether oxygens (including phenoxy) is 1. The van der Waals surface area contributed by atoms with E-state index >= 15 is 0 Å². The Balaban J connectivity index is 2.04. The zero-order valence-electron chi connectivity index (χ0n) is 7.92. The molecule has 74 valence electrons. The number of hydrogen-bond acceptors (Lipinski definition) is 3. The van der Waals surface area contributed by atoms with Crippen LogP contribution < -0.4 is 5.32 Å². The van der Waals surface area contributed by atoms with Crippen molar-refractivity contribution in [3.63, 3.8) is 0 Å². The fourth-order valence-electron chi connectivity index (χ4n) is 2.80. The second kappa shape index (κ2) is 3.66. The van der Waals surface area contributed by atoms with Gasteiger partial charge in [-0.05, 0) is 12.8 Å². The highest BCUT2D eigenvalue weighted by molar-refractivity contribution is 5.38. The van der Waals surface area contributed by atoms with Crippen molar-refractivity contribution in [1.29, 1.82) is 0 Å². The lowest BCUT2D eigenvalue weighted by molar-refractivity contribution is -0.138. The first-order valence-corrected chi connectivity index (χ1v) is 5.17. The Kier molecular flexibility index (Phi) is 2.54. The van der Waals surface area contributed by atoms with Gasteiger partial charge in [0.25, 0.3) is 6.47 Å². The van der Waals surface area contributed by atoms with E-state index in [1.165, 1.54) is 32.1 Å². The molecule has 13 heavy (non-hydrogen) atoms. The average Bonchev–Trinajstić information content (AvgIpc) is 2.52. The van der Waals surface area contributed by atoms with E-state index in [1.807, 2.05) is 0 Å². The smallest absolute Gasteiger partial charge is 0.293 e. The molecule has 0 aromatic heterocycles. The van der Waals surface area contributed by atoms with Gasteiger partial charge in [0.1, 0.15) is 6.10 Å². The molecule has 0 aromatic rings. The lowest BCUT2D eigenvalue weighted by Crippen LogP contribution is -2.37. The fraction of sp³-hybridized carbons (Fsp3) is 0.900. The van der Waals surface area contributed by atoms with Gasteiger partial charge in [-0.1, -0.05) is 19.3 Å². The molecular formula is C10H17NO2. The monoisotopic (exact) mass is 183 g/mol. The molecule has 1 aliphatic heterocycles. The third kappa shape index (κ3) is 1.57. The van der Waals surface area contributed by atoms with Gasteiger partial charge in [0, 0.05) is 18.5 Å². The standard InChI is InChI=1S/C10H17NO2/c12-8-13-9-6-11-7-10(9)4-2-1-3-5-10/h8-9,11H,1-7H2. The van der Waals surface area contributed by atoms with Crippen LogP contribution in [0.5, 0.6) is 0 Å². The quantitative estimate of drug-likeness (QED) is 0.651. The van der Waals surface area contributed by atoms with Crippen LogP contribution in [0, 0.1) is 5.41 Å². The van der Waals surface area contributed by atoms with Crippen molar-refractivity contribution < 1.29 is 9.53 Å². The number of nitrogens with one attached hydrogen (secondary N) is 1. The summed E-state index contributed by atoms with van der Waals surface area (Å²) in [6, 6.07) is 0. The molecule has 2 aliphatic rings. The predicted octanol–water partition coefficient (Wildman–Crippen LogP) is 1.08. The molecule has 1 saturated heterocycles. The van der Waals surface area contributed by atoms with Crippen LogP contribution in [0.2, 0.25) is 0 Å². The minimum atomic E-state index is 0.130. The Morgan fingerprint density at radius 3 is 2.77 bits per heavy atom. The number of hydrogen-bond donors (Lipinski definition) is 1. The topological polar surface area (TPSA) is 38.3 Å². The van der Waals surface area contributed by atoms with Gasteiger partial charge >= 0.3 is 0 Å². The Morgan fingerprint density at radius 2 is 2.08 bits per heavy atom. The van der Waals surface area contributed by atoms with E-state index in [0.29, 0.717) is 6.47 Å². The van der Waals surface area contributed by atoms with Gasteiger partial charge < -0.3 is 10.1 Å². The van der Waals surface area contributed by atoms with Crippen LogP contribution in [-0.2, 0) is 9.53 Å². The first-order valence-electron chi connectivity index (χ1n) is 5.17. The summed E-state index contributed by atoms with van der Waals surface area (Å²) in [5, 5.41) is 3.33. The normalized spacial score (nSPS) is 31.8. The van der Waals surface area contributed by atoms with E-state index in [1.54, 1.807) is 0 Å². The van der Waals surface area contributed by atoms with E-state index in [-0.39, 0.29) is 11.5 Å². The van der Waals surface area contributed by atoms with Gasteiger partial charge in [0.2, 0.25) is 0 Å². The molecule has 0 radical (unpaired) electrons. The van der Waals surface area contributed by atoms with Crippen LogP contribution in [-0.4, -0.2) is 25.7 Å². The average molecular weight is 183 g/mol. The molecule has 1 saturated carbocycles. The number of carbonyl (C=O) groups is 1. The van der Waals surface area contributed by atoms with Crippen LogP contribution in [0.3, 0.4) is 0 Å². The van der Waals surface area contributed by atoms with Crippen molar-refractivity contribution in [2.75, 3.05) is 13.1 Å². The van der Waals surface area contributed by atoms with Gasteiger partial charge in [0.15, 0.2) is 0 Å². The van der Waals surface area contributed by atoms with Gasteiger partial charge in [-0.2, -0.15) is 0 Å². The largest absolute Gasteiger partial charge is 0.463 e. The van der Waals surface area contributed by atoms with E-state index in [2.05, 4.69) is 5.32 Å². The summed E-state index contributed by atoms with van der Waals surface area (Å²) in [5.41, 5.74) is 0.277. The van der Waals surface area contributed by atoms with Crippen molar-refractivity contribution in [3.05, 3.63) is 0 Å². The molecule has 2 rings (SSSR count). The lowest BCUT2D eigenvalue weighted by atomic mass is 9.72. The Morgan fingerprint density at radius 1 is 1.31 bits per heavy atom. The minimum Gasteiger partial charge on any atom is -0.463 e. The second-order valence-corrected chi connectivity index (χ2v) is 4.27. The molecule has 3 nitrogen and oxygen atoms in total. The molecule has 0 bridgehead atoms. The molecule has 1 unspecified atom stereocenters. The van der Waals surface area contributed by atoms with Gasteiger partial charge in [-0.3, -0.25) is 4.79 Å². The van der Waals surface area contributed by atoms with Gasteiger partial charge in [0.05, 0.1) is 0 Å². The summed E-state index contributed by atoms with van der Waals surface area (Å²) in [7, 11) is 0. The molecular weight excluding hydrogens is 166 g/mol. The summed E-state index contributed by atoms with van der Waals surface area (Å²) in [4.78, 5) is 10.3. The van der Waals surface area contributed by atoms with E-state index < -0.39 is 0 Å². The molecule has 1 aliphatic carbocycles. The van der Waals surface area contributed by atoms with Crippen LogP contribution in [0.4, 0.5) is 0 Å². The SMILES string of the molecule is O=COC1CNCC12CCCCC2. The highest BCUT2D eigenvalue weighted by Gasteiger charge is 2.44. The molecule has 3 heteroatoms. The van der Waals surface area contributed by atoms with Crippen molar-refractivity contribution in [2.24, 2.45) is 5.41 Å². The van der Waals surface area contributed by atoms with Crippen LogP contribution >= 0.6 is 0 Å². The third-order valence-electron chi connectivity index (χ3n) is 3.56. The molecule has 1 N–H and O–H groups in total. The summed E-state index contributed by atoms with van der Waals surface area (Å²) in [6.07, 6.45) is 6.50. The molecule has 2 fully saturated rings. The van der Waals surface area contributed by atoms with Crippen molar-refractivity contribution in [3.8, 4) is 0 Å². The van der Waals surface area contributed by atoms with E-state index in [0.717, 1.165) is 13.1 Å². The van der Waals surface area contributed by atoms with Crippen LogP contribution in [0.15, 0.2) is 0 Å². The summed E-state index contributed by atoms with van der Waals surface area (Å²) in [5.74, 6) is 0. The molecule has 0 aromatic carbocycles. The van der Waals surface area contributed by atoms with E-state index in [4.69, 9.17) is 4.74 Å². The van der Waals surface area contributed by atoms with Gasteiger partial charge in [-0.15, -0.1) is 0 Å². The maximum absolute atomic E-state index is 10.3.